The van der Waals surface area contributed by atoms with Gasteiger partial charge in [-0.3, -0.25) is 9.59 Å². The van der Waals surface area contributed by atoms with Gasteiger partial charge in [-0.1, -0.05) is 6.92 Å². The lowest BCUT2D eigenvalue weighted by atomic mass is 9.94. The average Bonchev–Trinajstić information content (AvgIpc) is 2.96. The van der Waals surface area contributed by atoms with Crippen LogP contribution in [0.4, 0.5) is 0 Å². The molecule has 108 valence electrons. The Hall–Kier alpha value is -0.900. The number of likely N-dealkylation sites (tertiary alicyclic amines) is 1. The first-order valence-electron chi connectivity index (χ1n) is 7.44. The molecule has 2 fully saturated rings. The highest BCUT2D eigenvalue weighted by atomic mass is 16.5. The Kier molecular flexibility index (Phi) is 4.97. The maximum atomic E-state index is 12.4. The van der Waals surface area contributed by atoms with Crippen molar-refractivity contribution in [2.75, 3.05) is 20.3 Å². The predicted octanol–water partition coefficient (Wildman–Crippen LogP) is 2.02. The summed E-state index contributed by atoms with van der Waals surface area (Å²) in [4.78, 5) is 26.2. The van der Waals surface area contributed by atoms with Crippen molar-refractivity contribution in [2.24, 2.45) is 11.8 Å². The minimum atomic E-state index is 0.115. The molecular weight excluding hydrogens is 242 g/mol. The number of Topliss-reactive ketones (excluding diaryl/α,β-unsaturated/α-hetero) is 1. The number of hydrogen-bond donors (Lipinski definition) is 0. The van der Waals surface area contributed by atoms with Gasteiger partial charge in [-0.2, -0.15) is 0 Å². The Morgan fingerprint density at radius 2 is 2.21 bits per heavy atom. The fraction of sp³-hybridized carbons (Fsp3) is 0.867. The van der Waals surface area contributed by atoms with E-state index in [4.69, 9.17) is 4.74 Å². The van der Waals surface area contributed by atoms with Crippen molar-refractivity contribution >= 4 is 11.7 Å². The van der Waals surface area contributed by atoms with Crippen LogP contribution < -0.4 is 0 Å². The third-order valence-corrected chi connectivity index (χ3v) is 4.41. The van der Waals surface area contributed by atoms with Crippen molar-refractivity contribution in [3.8, 4) is 0 Å². The van der Waals surface area contributed by atoms with E-state index in [9.17, 15) is 9.59 Å². The first-order valence-corrected chi connectivity index (χ1v) is 7.44. The van der Waals surface area contributed by atoms with Crippen molar-refractivity contribution in [1.82, 2.24) is 4.90 Å². The number of carbonyl (C=O) groups excluding carboxylic acids is 2. The average molecular weight is 267 g/mol. The van der Waals surface area contributed by atoms with E-state index < -0.39 is 0 Å². The zero-order chi connectivity index (χ0) is 13.8. The molecule has 2 rings (SSSR count). The van der Waals surface area contributed by atoms with Crippen LogP contribution in [0, 0.1) is 11.8 Å². The summed E-state index contributed by atoms with van der Waals surface area (Å²) >= 11 is 0. The number of hydrogen-bond acceptors (Lipinski definition) is 3. The summed E-state index contributed by atoms with van der Waals surface area (Å²) in [6, 6.07) is 0.178. The summed E-state index contributed by atoms with van der Waals surface area (Å²) in [6.07, 6.45) is 5.26. The van der Waals surface area contributed by atoms with Crippen molar-refractivity contribution in [2.45, 2.75) is 51.5 Å². The van der Waals surface area contributed by atoms with Crippen LogP contribution in [-0.4, -0.2) is 42.9 Å². The molecule has 0 aromatic carbocycles. The largest absolute Gasteiger partial charge is 0.384 e. The molecule has 19 heavy (non-hydrogen) atoms. The summed E-state index contributed by atoms with van der Waals surface area (Å²) in [7, 11) is 1.66. The number of methoxy groups -OCH3 is 1. The molecule has 0 radical (unpaired) electrons. The number of ether oxygens (including phenoxy) is 1. The van der Waals surface area contributed by atoms with Gasteiger partial charge in [0.2, 0.25) is 5.91 Å². The van der Waals surface area contributed by atoms with E-state index in [-0.39, 0.29) is 23.8 Å². The van der Waals surface area contributed by atoms with E-state index >= 15 is 0 Å². The summed E-state index contributed by atoms with van der Waals surface area (Å²) < 4.78 is 5.09. The molecule has 1 aliphatic heterocycles. The van der Waals surface area contributed by atoms with Crippen LogP contribution in [0.5, 0.6) is 0 Å². The molecule has 1 amide bonds. The standard InChI is InChI=1S/C15H25NO3/c1-11(10-19-2)9-15(18)16-8-4-6-13(16)12-5-3-7-14(12)17/h11-13H,3-10H2,1-2H3. The predicted molar refractivity (Wildman–Crippen MR) is 72.7 cm³/mol. The number of carbonyl (C=O) groups is 2. The van der Waals surface area contributed by atoms with Gasteiger partial charge in [0, 0.05) is 45.1 Å². The second-order valence-corrected chi connectivity index (χ2v) is 6.03. The van der Waals surface area contributed by atoms with Crippen LogP contribution in [0.25, 0.3) is 0 Å². The van der Waals surface area contributed by atoms with Crippen LogP contribution in [0.3, 0.4) is 0 Å². The van der Waals surface area contributed by atoms with Gasteiger partial charge < -0.3 is 9.64 Å². The number of ketones is 1. The Balaban J connectivity index is 1.94. The minimum absolute atomic E-state index is 0.115. The second kappa shape index (κ2) is 6.51. The fourth-order valence-electron chi connectivity index (χ4n) is 3.53. The molecule has 2 aliphatic rings. The highest BCUT2D eigenvalue weighted by Crippen LogP contribution is 2.33. The summed E-state index contributed by atoms with van der Waals surface area (Å²) in [6.45, 7) is 3.48. The monoisotopic (exact) mass is 267 g/mol. The van der Waals surface area contributed by atoms with E-state index in [1.807, 2.05) is 11.8 Å². The molecule has 0 aromatic heterocycles. The smallest absolute Gasteiger partial charge is 0.223 e. The zero-order valence-corrected chi connectivity index (χ0v) is 12.1. The first-order chi connectivity index (χ1) is 9.13. The van der Waals surface area contributed by atoms with E-state index in [2.05, 4.69) is 0 Å². The van der Waals surface area contributed by atoms with Gasteiger partial charge in [0.05, 0.1) is 0 Å². The Morgan fingerprint density at radius 1 is 1.42 bits per heavy atom. The molecule has 3 atom stereocenters. The van der Waals surface area contributed by atoms with Crippen LogP contribution in [-0.2, 0) is 14.3 Å². The summed E-state index contributed by atoms with van der Waals surface area (Å²) in [5, 5.41) is 0. The first kappa shape index (κ1) is 14.5. The molecular formula is C15H25NO3. The van der Waals surface area contributed by atoms with Gasteiger partial charge in [-0.15, -0.1) is 0 Å². The lowest BCUT2D eigenvalue weighted by Crippen LogP contribution is -2.42. The molecule has 0 N–H and O–H groups in total. The lowest BCUT2D eigenvalue weighted by molar-refractivity contribution is -0.135. The molecule has 0 bridgehead atoms. The molecule has 3 unspecified atom stereocenters. The lowest BCUT2D eigenvalue weighted by Gasteiger charge is -2.29. The second-order valence-electron chi connectivity index (χ2n) is 6.03. The third kappa shape index (κ3) is 3.35. The zero-order valence-electron chi connectivity index (χ0n) is 12.1. The van der Waals surface area contributed by atoms with Crippen molar-refractivity contribution < 1.29 is 14.3 Å². The van der Waals surface area contributed by atoms with Gasteiger partial charge in [-0.05, 0) is 31.6 Å². The molecule has 1 aliphatic carbocycles. The molecule has 0 aromatic rings. The van der Waals surface area contributed by atoms with Gasteiger partial charge in [0.25, 0.3) is 0 Å². The van der Waals surface area contributed by atoms with Gasteiger partial charge in [0.1, 0.15) is 5.78 Å². The Labute approximate surface area is 115 Å². The minimum Gasteiger partial charge on any atom is -0.384 e. The van der Waals surface area contributed by atoms with Crippen LogP contribution in [0.1, 0.15) is 45.4 Å². The maximum Gasteiger partial charge on any atom is 0.223 e. The van der Waals surface area contributed by atoms with Crippen LogP contribution >= 0.6 is 0 Å². The van der Waals surface area contributed by atoms with E-state index in [0.717, 1.165) is 32.2 Å². The fourth-order valence-corrected chi connectivity index (χ4v) is 3.53. The third-order valence-electron chi connectivity index (χ3n) is 4.41. The van der Waals surface area contributed by atoms with Crippen LogP contribution in [0.2, 0.25) is 0 Å². The van der Waals surface area contributed by atoms with E-state index in [1.54, 1.807) is 7.11 Å². The van der Waals surface area contributed by atoms with E-state index in [0.29, 0.717) is 25.2 Å². The number of nitrogens with zero attached hydrogens (tertiary/aromatic N) is 1. The van der Waals surface area contributed by atoms with Crippen molar-refractivity contribution in [1.29, 1.82) is 0 Å². The highest BCUT2D eigenvalue weighted by Gasteiger charge is 2.39. The number of amides is 1. The Morgan fingerprint density at radius 3 is 2.84 bits per heavy atom. The summed E-state index contributed by atoms with van der Waals surface area (Å²) in [5.41, 5.74) is 0. The number of rotatable bonds is 5. The Bertz CT molecular complexity index is 342. The van der Waals surface area contributed by atoms with Crippen LogP contribution in [0.15, 0.2) is 0 Å². The highest BCUT2D eigenvalue weighted by molar-refractivity contribution is 5.85. The molecule has 4 nitrogen and oxygen atoms in total. The quantitative estimate of drug-likeness (QED) is 0.765. The normalized spacial score (nSPS) is 28.9. The molecule has 4 heteroatoms. The van der Waals surface area contributed by atoms with Crippen molar-refractivity contribution in [3.63, 3.8) is 0 Å². The maximum absolute atomic E-state index is 12.4. The van der Waals surface area contributed by atoms with Crippen molar-refractivity contribution in [3.05, 3.63) is 0 Å². The SMILES string of the molecule is COCC(C)CC(=O)N1CCCC1C1CCCC1=O. The topological polar surface area (TPSA) is 46.6 Å². The van der Waals surface area contributed by atoms with Gasteiger partial charge >= 0.3 is 0 Å². The molecule has 1 saturated carbocycles. The molecule has 1 saturated heterocycles. The molecule has 1 heterocycles. The summed E-state index contributed by atoms with van der Waals surface area (Å²) in [5.74, 6) is 0.934. The van der Waals surface area contributed by atoms with Gasteiger partial charge in [0.15, 0.2) is 0 Å². The van der Waals surface area contributed by atoms with Gasteiger partial charge in [-0.25, -0.2) is 0 Å². The van der Waals surface area contributed by atoms with E-state index in [1.165, 1.54) is 0 Å². The molecule has 0 spiro atoms.